The van der Waals surface area contributed by atoms with Crippen LogP contribution < -0.4 is 5.32 Å². The van der Waals surface area contributed by atoms with E-state index in [0.717, 1.165) is 31.6 Å². The predicted molar refractivity (Wildman–Crippen MR) is 77.5 cm³/mol. The molecule has 1 saturated heterocycles. The molecule has 2 atom stereocenters. The number of hydrogen-bond donors (Lipinski definition) is 1. The van der Waals surface area contributed by atoms with Gasteiger partial charge in [-0.1, -0.05) is 13.8 Å². The van der Waals surface area contributed by atoms with Crippen LogP contribution in [-0.2, 0) is 11.3 Å². The average molecular weight is 265 g/mol. The SMILES string of the molecule is Cc1nn(CC2CCC(CNC(C)C)O2)c(C)c1C. The fraction of sp³-hybridized carbons (Fsp3) is 0.800. The lowest BCUT2D eigenvalue weighted by Crippen LogP contribution is -2.32. The normalized spacial score (nSPS) is 23.5. The zero-order valence-electron chi connectivity index (χ0n) is 12.9. The minimum atomic E-state index is 0.316. The second-order valence-corrected chi connectivity index (χ2v) is 6.00. The summed E-state index contributed by atoms with van der Waals surface area (Å²) >= 11 is 0. The summed E-state index contributed by atoms with van der Waals surface area (Å²) in [5, 5.41) is 8.04. The maximum absolute atomic E-state index is 6.10. The Bertz CT molecular complexity index is 425. The van der Waals surface area contributed by atoms with Crippen LogP contribution in [0.1, 0.15) is 43.6 Å². The molecule has 1 aromatic heterocycles. The van der Waals surface area contributed by atoms with Crippen molar-refractivity contribution in [2.45, 2.75) is 72.3 Å². The van der Waals surface area contributed by atoms with Gasteiger partial charge in [0.2, 0.25) is 0 Å². The van der Waals surface area contributed by atoms with Crippen LogP contribution in [0, 0.1) is 20.8 Å². The van der Waals surface area contributed by atoms with Crippen molar-refractivity contribution in [2.24, 2.45) is 0 Å². The van der Waals surface area contributed by atoms with E-state index in [9.17, 15) is 0 Å². The Labute approximate surface area is 116 Å². The molecule has 1 aliphatic rings. The van der Waals surface area contributed by atoms with E-state index in [0.29, 0.717) is 18.2 Å². The number of ether oxygens (including phenoxy) is 1. The largest absolute Gasteiger partial charge is 0.372 e. The summed E-state index contributed by atoms with van der Waals surface area (Å²) < 4.78 is 8.20. The molecule has 2 unspecified atom stereocenters. The molecule has 0 saturated carbocycles. The predicted octanol–water partition coefficient (Wildman–Crippen LogP) is 2.35. The molecule has 0 radical (unpaired) electrons. The Morgan fingerprint density at radius 2 is 1.95 bits per heavy atom. The van der Waals surface area contributed by atoms with Gasteiger partial charge in [0.05, 0.1) is 24.4 Å². The highest BCUT2D eigenvalue weighted by molar-refractivity contribution is 5.22. The van der Waals surface area contributed by atoms with Gasteiger partial charge >= 0.3 is 0 Å². The van der Waals surface area contributed by atoms with Crippen LogP contribution in [0.5, 0.6) is 0 Å². The van der Waals surface area contributed by atoms with E-state index < -0.39 is 0 Å². The zero-order chi connectivity index (χ0) is 14.0. The highest BCUT2D eigenvalue weighted by atomic mass is 16.5. The summed E-state index contributed by atoms with van der Waals surface area (Å²) in [6.45, 7) is 12.5. The molecule has 1 aromatic rings. The zero-order valence-corrected chi connectivity index (χ0v) is 12.9. The standard InChI is InChI=1S/C15H27N3O/c1-10(2)16-8-14-6-7-15(19-14)9-18-13(5)11(3)12(4)17-18/h10,14-16H,6-9H2,1-5H3. The Kier molecular flexibility index (Phi) is 4.63. The monoisotopic (exact) mass is 265 g/mol. The Balaban J connectivity index is 1.86. The van der Waals surface area contributed by atoms with Gasteiger partial charge in [0.25, 0.3) is 0 Å². The van der Waals surface area contributed by atoms with Crippen LogP contribution in [-0.4, -0.2) is 34.6 Å². The van der Waals surface area contributed by atoms with E-state index in [1.54, 1.807) is 0 Å². The third-order valence-corrected chi connectivity index (χ3v) is 4.07. The van der Waals surface area contributed by atoms with E-state index >= 15 is 0 Å². The van der Waals surface area contributed by atoms with Crippen molar-refractivity contribution in [1.29, 1.82) is 0 Å². The molecule has 4 heteroatoms. The molecule has 108 valence electrons. The quantitative estimate of drug-likeness (QED) is 0.888. The van der Waals surface area contributed by atoms with Crippen molar-refractivity contribution in [3.63, 3.8) is 0 Å². The molecule has 4 nitrogen and oxygen atoms in total. The van der Waals surface area contributed by atoms with E-state index in [-0.39, 0.29) is 0 Å². The summed E-state index contributed by atoms with van der Waals surface area (Å²) in [5.41, 5.74) is 3.70. The van der Waals surface area contributed by atoms with Gasteiger partial charge in [-0.25, -0.2) is 0 Å². The number of nitrogens with zero attached hydrogens (tertiary/aromatic N) is 2. The number of aryl methyl sites for hydroxylation is 1. The van der Waals surface area contributed by atoms with Crippen LogP contribution in [0.25, 0.3) is 0 Å². The van der Waals surface area contributed by atoms with Crippen LogP contribution in [0.4, 0.5) is 0 Å². The number of hydrogen-bond acceptors (Lipinski definition) is 3. The fourth-order valence-electron chi connectivity index (χ4n) is 2.59. The van der Waals surface area contributed by atoms with Crippen molar-refractivity contribution >= 4 is 0 Å². The first-order valence-electron chi connectivity index (χ1n) is 7.36. The van der Waals surface area contributed by atoms with Crippen molar-refractivity contribution in [1.82, 2.24) is 15.1 Å². The molecular formula is C15H27N3O. The average Bonchev–Trinajstić information content (AvgIpc) is 2.89. The minimum absolute atomic E-state index is 0.316. The first-order valence-corrected chi connectivity index (χ1v) is 7.36. The molecule has 0 aromatic carbocycles. The third-order valence-electron chi connectivity index (χ3n) is 4.07. The van der Waals surface area contributed by atoms with Crippen LogP contribution >= 0.6 is 0 Å². The van der Waals surface area contributed by atoms with Gasteiger partial charge in [0, 0.05) is 18.3 Å². The van der Waals surface area contributed by atoms with Crippen molar-refractivity contribution < 1.29 is 4.74 Å². The number of rotatable bonds is 5. The van der Waals surface area contributed by atoms with Crippen molar-refractivity contribution in [3.05, 3.63) is 17.0 Å². The van der Waals surface area contributed by atoms with Crippen molar-refractivity contribution in [3.8, 4) is 0 Å². The molecule has 1 aliphatic heterocycles. The van der Waals surface area contributed by atoms with E-state index in [1.165, 1.54) is 11.3 Å². The molecule has 0 amide bonds. The summed E-state index contributed by atoms with van der Waals surface area (Å²) in [6, 6.07) is 0.529. The minimum Gasteiger partial charge on any atom is -0.372 e. The van der Waals surface area contributed by atoms with Gasteiger partial charge < -0.3 is 10.1 Å². The molecule has 2 rings (SSSR count). The molecule has 19 heavy (non-hydrogen) atoms. The second kappa shape index (κ2) is 6.06. The highest BCUT2D eigenvalue weighted by Crippen LogP contribution is 2.22. The van der Waals surface area contributed by atoms with Gasteiger partial charge in [-0.3, -0.25) is 4.68 Å². The smallest absolute Gasteiger partial charge is 0.0776 e. The van der Waals surface area contributed by atoms with Gasteiger partial charge in [-0.05, 0) is 39.2 Å². The third kappa shape index (κ3) is 3.57. The summed E-state index contributed by atoms with van der Waals surface area (Å²) in [7, 11) is 0. The van der Waals surface area contributed by atoms with Gasteiger partial charge in [0.15, 0.2) is 0 Å². The van der Waals surface area contributed by atoms with Crippen molar-refractivity contribution in [2.75, 3.05) is 6.54 Å². The maximum atomic E-state index is 6.10. The van der Waals surface area contributed by atoms with Gasteiger partial charge in [-0.2, -0.15) is 5.10 Å². The lowest BCUT2D eigenvalue weighted by atomic mass is 10.2. The summed E-state index contributed by atoms with van der Waals surface area (Å²) in [5.74, 6) is 0. The molecular weight excluding hydrogens is 238 g/mol. The molecule has 2 heterocycles. The Hall–Kier alpha value is -0.870. The summed E-state index contributed by atoms with van der Waals surface area (Å²) in [4.78, 5) is 0. The lowest BCUT2D eigenvalue weighted by Gasteiger charge is -2.16. The van der Waals surface area contributed by atoms with Crippen LogP contribution in [0.15, 0.2) is 0 Å². The Morgan fingerprint density at radius 3 is 2.53 bits per heavy atom. The topological polar surface area (TPSA) is 39.1 Å². The molecule has 0 aliphatic carbocycles. The fourth-order valence-corrected chi connectivity index (χ4v) is 2.59. The van der Waals surface area contributed by atoms with E-state index in [1.807, 2.05) is 0 Å². The lowest BCUT2D eigenvalue weighted by molar-refractivity contribution is 0.0329. The first-order chi connectivity index (χ1) is 8.97. The van der Waals surface area contributed by atoms with E-state index in [2.05, 4.69) is 49.7 Å². The molecule has 0 spiro atoms. The molecule has 1 N–H and O–H groups in total. The first kappa shape index (κ1) is 14.5. The van der Waals surface area contributed by atoms with Crippen LogP contribution in [0.3, 0.4) is 0 Å². The summed E-state index contributed by atoms with van der Waals surface area (Å²) in [6.07, 6.45) is 2.98. The molecule has 0 bridgehead atoms. The van der Waals surface area contributed by atoms with Gasteiger partial charge in [-0.15, -0.1) is 0 Å². The number of aromatic nitrogens is 2. The highest BCUT2D eigenvalue weighted by Gasteiger charge is 2.26. The second-order valence-electron chi connectivity index (χ2n) is 6.00. The number of nitrogens with one attached hydrogen (secondary N) is 1. The maximum Gasteiger partial charge on any atom is 0.0776 e. The Morgan fingerprint density at radius 1 is 1.26 bits per heavy atom. The molecule has 1 fully saturated rings. The van der Waals surface area contributed by atoms with Crippen LogP contribution in [0.2, 0.25) is 0 Å². The van der Waals surface area contributed by atoms with Gasteiger partial charge in [0.1, 0.15) is 0 Å². The van der Waals surface area contributed by atoms with E-state index in [4.69, 9.17) is 4.74 Å².